The Labute approximate surface area is 76.5 Å². The van der Waals surface area contributed by atoms with Gasteiger partial charge in [0.05, 0.1) is 0 Å². The molecule has 1 heterocycles. The maximum absolute atomic E-state index is 10.5. The summed E-state index contributed by atoms with van der Waals surface area (Å²) in [5, 5.41) is 8.35. The fourth-order valence-electron chi connectivity index (χ4n) is 0.571. The zero-order valence-corrected chi connectivity index (χ0v) is 7.14. The van der Waals surface area contributed by atoms with Crippen molar-refractivity contribution in [2.45, 2.75) is 0 Å². The summed E-state index contributed by atoms with van der Waals surface area (Å²) >= 11 is 0. The number of carbonyl (C=O) groups is 2. The molecule has 1 rings (SSSR count). The molecule has 0 aromatic heterocycles. The molecule has 1 aliphatic rings. The monoisotopic (exact) mass is 181 g/mol. The standard InChI is InChI=1S/C5H5NO3.C4H6/c7-3-6-4(8)1-2-5(6)9;1-3-4-2/h1-2,7H,3H2;3-4H,1-2H2. The number of allylic oxidation sites excluding steroid dienone is 2. The van der Waals surface area contributed by atoms with Gasteiger partial charge in [0.15, 0.2) is 0 Å². The zero-order valence-electron chi connectivity index (χ0n) is 7.14. The van der Waals surface area contributed by atoms with E-state index in [2.05, 4.69) is 13.2 Å². The summed E-state index contributed by atoms with van der Waals surface area (Å²) in [6.45, 7) is 6.19. The number of carbonyl (C=O) groups excluding carboxylic acids is 2. The Bertz CT molecular complexity index is 232. The van der Waals surface area contributed by atoms with Crippen LogP contribution >= 0.6 is 0 Å². The highest BCUT2D eigenvalue weighted by Crippen LogP contribution is 2.00. The molecule has 0 aliphatic carbocycles. The summed E-state index contributed by atoms with van der Waals surface area (Å²) in [5.41, 5.74) is 0. The van der Waals surface area contributed by atoms with E-state index in [-0.39, 0.29) is 0 Å². The Balaban J connectivity index is 0.000000310. The largest absolute Gasteiger partial charge is 0.376 e. The molecular weight excluding hydrogens is 170 g/mol. The molecule has 0 aromatic carbocycles. The van der Waals surface area contributed by atoms with E-state index in [1.165, 1.54) is 0 Å². The molecule has 1 aliphatic heterocycles. The Morgan fingerprint density at radius 3 is 1.77 bits per heavy atom. The number of amides is 2. The molecule has 0 saturated heterocycles. The Kier molecular flexibility index (Phi) is 5.14. The van der Waals surface area contributed by atoms with Crippen molar-refractivity contribution in [2.24, 2.45) is 0 Å². The van der Waals surface area contributed by atoms with Crippen LogP contribution in [0.4, 0.5) is 0 Å². The van der Waals surface area contributed by atoms with E-state index in [4.69, 9.17) is 5.11 Å². The van der Waals surface area contributed by atoms with Crippen molar-refractivity contribution in [1.29, 1.82) is 0 Å². The third kappa shape index (κ3) is 3.48. The fourth-order valence-corrected chi connectivity index (χ4v) is 0.571. The number of aliphatic hydroxyl groups excluding tert-OH is 1. The van der Waals surface area contributed by atoms with Crippen LogP contribution in [-0.2, 0) is 9.59 Å². The first-order valence-electron chi connectivity index (χ1n) is 3.55. The molecule has 0 atom stereocenters. The lowest BCUT2D eigenvalue weighted by molar-refractivity contribution is -0.140. The van der Waals surface area contributed by atoms with Crippen LogP contribution in [0.5, 0.6) is 0 Å². The predicted molar refractivity (Wildman–Crippen MR) is 48.5 cm³/mol. The summed E-state index contributed by atoms with van der Waals surface area (Å²) in [4.78, 5) is 21.7. The topological polar surface area (TPSA) is 57.6 Å². The summed E-state index contributed by atoms with van der Waals surface area (Å²) < 4.78 is 0. The normalized spacial score (nSPS) is 13.8. The van der Waals surface area contributed by atoms with Crippen LogP contribution in [0.3, 0.4) is 0 Å². The van der Waals surface area contributed by atoms with Crippen LogP contribution in [0, 0.1) is 0 Å². The minimum absolute atomic E-state index is 0.456. The molecule has 1 N–H and O–H groups in total. The van der Waals surface area contributed by atoms with E-state index in [9.17, 15) is 9.59 Å². The number of hydrogen-bond donors (Lipinski definition) is 1. The molecule has 4 heteroatoms. The van der Waals surface area contributed by atoms with Gasteiger partial charge < -0.3 is 5.11 Å². The van der Waals surface area contributed by atoms with Crippen LogP contribution < -0.4 is 0 Å². The first kappa shape index (κ1) is 11.3. The summed E-state index contributed by atoms with van der Waals surface area (Å²) in [6.07, 6.45) is 5.52. The molecule has 13 heavy (non-hydrogen) atoms. The SMILES string of the molecule is C=CC=C.O=C1C=CC(=O)N1CO. The summed E-state index contributed by atoms with van der Waals surface area (Å²) in [5.74, 6) is -0.912. The van der Waals surface area contributed by atoms with Gasteiger partial charge in [0.2, 0.25) is 0 Å². The number of hydrogen-bond acceptors (Lipinski definition) is 3. The second-order valence-corrected chi connectivity index (χ2v) is 2.05. The molecule has 0 unspecified atom stereocenters. The van der Waals surface area contributed by atoms with Gasteiger partial charge >= 0.3 is 0 Å². The molecule has 0 saturated carbocycles. The first-order valence-corrected chi connectivity index (χ1v) is 3.55. The lowest BCUT2D eigenvalue weighted by atomic mass is 10.6. The van der Waals surface area contributed by atoms with E-state index in [0.717, 1.165) is 17.1 Å². The highest BCUT2D eigenvalue weighted by Gasteiger charge is 2.21. The maximum Gasteiger partial charge on any atom is 0.255 e. The average Bonchev–Trinajstić information content (AvgIpc) is 2.46. The van der Waals surface area contributed by atoms with Crippen LogP contribution in [0.2, 0.25) is 0 Å². The van der Waals surface area contributed by atoms with Crippen LogP contribution in [0.25, 0.3) is 0 Å². The summed E-state index contributed by atoms with van der Waals surface area (Å²) in [6, 6.07) is 0. The van der Waals surface area contributed by atoms with Crippen molar-refractivity contribution in [3.63, 3.8) is 0 Å². The number of imide groups is 1. The van der Waals surface area contributed by atoms with E-state index in [1.807, 2.05) is 0 Å². The van der Waals surface area contributed by atoms with Crippen molar-refractivity contribution >= 4 is 11.8 Å². The number of rotatable bonds is 2. The third-order valence-electron chi connectivity index (χ3n) is 1.21. The van der Waals surface area contributed by atoms with Crippen molar-refractivity contribution in [3.05, 3.63) is 37.5 Å². The lowest BCUT2D eigenvalue weighted by Gasteiger charge is -2.06. The first-order chi connectivity index (χ1) is 6.17. The lowest BCUT2D eigenvalue weighted by Crippen LogP contribution is -2.30. The molecular formula is C9H11NO3. The van der Waals surface area contributed by atoms with Gasteiger partial charge in [0, 0.05) is 12.2 Å². The Morgan fingerprint density at radius 1 is 1.23 bits per heavy atom. The van der Waals surface area contributed by atoms with Gasteiger partial charge in [0.25, 0.3) is 11.8 Å². The average molecular weight is 181 g/mol. The maximum atomic E-state index is 10.5. The molecule has 0 aromatic rings. The van der Waals surface area contributed by atoms with Gasteiger partial charge in [-0.25, -0.2) is 0 Å². The van der Waals surface area contributed by atoms with Gasteiger partial charge in [-0.1, -0.05) is 25.3 Å². The number of aliphatic hydroxyl groups is 1. The molecule has 2 amide bonds. The predicted octanol–water partition coefficient (Wildman–Crippen LogP) is 0.220. The second kappa shape index (κ2) is 5.91. The van der Waals surface area contributed by atoms with E-state index >= 15 is 0 Å². The molecule has 4 nitrogen and oxygen atoms in total. The Hall–Kier alpha value is -1.68. The van der Waals surface area contributed by atoms with E-state index in [0.29, 0.717) is 0 Å². The number of nitrogens with zero attached hydrogens (tertiary/aromatic N) is 1. The van der Waals surface area contributed by atoms with Crippen molar-refractivity contribution < 1.29 is 14.7 Å². The minimum Gasteiger partial charge on any atom is -0.376 e. The third-order valence-corrected chi connectivity index (χ3v) is 1.21. The van der Waals surface area contributed by atoms with Gasteiger partial charge in [-0.2, -0.15) is 0 Å². The van der Waals surface area contributed by atoms with E-state index in [1.54, 1.807) is 12.2 Å². The van der Waals surface area contributed by atoms with Crippen molar-refractivity contribution in [2.75, 3.05) is 6.73 Å². The fraction of sp³-hybridized carbons (Fsp3) is 0.111. The van der Waals surface area contributed by atoms with Gasteiger partial charge in [-0.15, -0.1) is 0 Å². The van der Waals surface area contributed by atoms with Crippen molar-refractivity contribution in [1.82, 2.24) is 4.90 Å². The second-order valence-electron chi connectivity index (χ2n) is 2.05. The molecule has 70 valence electrons. The quantitative estimate of drug-likeness (QED) is 0.489. The van der Waals surface area contributed by atoms with Crippen LogP contribution in [0.15, 0.2) is 37.5 Å². The van der Waals surface area contributed by atoms with E-state index < -0.39 is 18.5 Å². The highest BCUT2D eigenvalue weighted by atomic mass is 16.3. The van der Waals surface area contributed by atoms with Crippen LogP contribution in [-0.4, -0.2) is 28.6 Å². The highest BCUT2D eigenvalue weighted by molar-refractivity contribution is 6.12. The molecule has 0 fully saturated rings. The molecule has 0 spiro atoms. The smallest absolute Gasteiger partial charge is 0.255 e. The minimum atomic E-state index is -0.537. The van der Waals surface area contributed by atoms with Gasteiger partial charge in [-0.05, 0) is 0 Å². The Morgan fingerprint density at radius 2 is 1.62 bits per heavy atom. The zero-order chi connectivity index (χ0) is 10.3. The molecule has 0 bridgehead atoms. The van der Waals surface area contributed by atoms with Crippen LogP contribution in [0.1, 0.15) is 0 Å². The van der Waals surface area contributed by atoms with Gasteiger partial charge in [-0.3, -0.25) is 14.5 Å². The molecule has 0 radical (unpaired) electrons. The van der Waals surface area contributed by atoms with Crippen molar-refractivity contribution in [3.8, 4) is 0 Å². The van der Waals surface area contributed by atoms with Gasteiger partial charge in [0.1, 0.15) is 6.73 Å². The summed E-state index contributed by atoms with van der Waals surface area (Å²) in [7, 11) is 0.